The standard InChI is InChI=1S/C18H28N6O/c1-6-24-16-9-7-8-15(14(16)10-19-24)20-12(3)18(25)21-17-11(2)22-23(5)13(17)4/h10,12,15,20H,6-9H2,1-5H3,(H,21,25)/t12-,15-/m0/s1. The molecule has 3 rings (SSSR count). The molecular weight excluding hydrogens is 316 g/mol. The van der Waals surface area contributed by atoms with E-state index in [1.807, 2.05) is 34.0 Å². The summed E-state index contributed by atoms with van der Waals surface area (Å²) in [6.45, 7) is 8.78. The van der Waals surface area contributed by atoms with Crippen LogP contribution in [0.25, 0.3) is 0 Å². The predicted octanol–water partition coefficient (Wildman–Crippen LogP) is 2.25. The van der Waals surface area contributed by atoms with Gasteiger partial charge in [-0.15, -0.1) is 0 Å². The second-order valence-corrected chi connectivity index (χ2v) is 6.85. The minimum Gasteiger partial charge on any atom is -0.322 e. The van der Waals surface area contributed by atoms with Crippen LogP contribution in [-0.4, -0.2) is 31.5 Å². The van der Waals surface area contributed by atoms with Crippen LogP contribution in [0.15, 0.2) is 6.20 Å². The van der Waals surface area contributed by atoms with Crippen LogP contribution in [0.2, 0.25) is 0 Å². The lowest BCUT2D eigenvalue weighted by Crippen LogP contribution is -2.41. The highest BCUT2D eigenvalue weighted by molar-refractivity contribution is 5.95. The van der Waals surface area contributed by atoms with Crippen LogP contribution >= 0.6 is 0 Å². The molecule has 0 unspecified atom stereocenters. The Kier molecular flexibility index (Phi) is 4.94. The van der Waals surface area contributed by atoms with Crippen LogP contribution in [0.3, 0.4) is 0 Å². The average molecular weight is 344 g/mol. The summed E-state index contributed by atoms with van der Waals surface area (Å²) < 4.78 is 3.85. The summed E-state index contributed by atoms with van der Waals surface area (Å²) in [4.78, 5) is 12.6. The monoisotopic (exact) mass is 344 g/mol. The normalized spacial score (nSPS) is 18.0. The van der Waals surface area contributed by atoms with Gasteiger partial charge in [0.05, 0.1) is 29.3 Å². The van der Waals surface area contributed by atoms with Gasteiger partial charge in [0.1, 0.15) is 0 Å². The number of hydrogen-bond donors (Lipinski definition) is 2. The summed E-state index contributed by atoms with van der Waals surface area (Å²) in [5.41, 5.74) is 5.15. The molecule has 0 aromatic carbocycles. The highest BCUT2D eigenvalue weighted by Crippen LogP contribution is 2.30. The lowest BCUT2D eigenvalue weighted by Gasteiger charge is -2.27. The van der Waals surface area contributed by atoms with Gasteiger partial charge in [-0.2, -0.15) is 10.2 Å². The molecule has 2 atom stereocenters. The van der Waals surface area contributed by atoms with E-state index in [9.17, 15) is 4.79 Å². The van der Waals surface area contributed by atoms with E-state index >= 15 is 0 Å². The van der Waals surface area contributed by atoms with Gasteiger partial charge in [0.25, 0.3) is 0 Å². The highest BCUT2D eigenvalue weighted by Gasteiger charge is 2.27. The number of aromatic nitrogens is 4. The Morgan fingerprint density at radius 1 is 1.44 bits per heavy atom. The number of hydrogen-bond acceptors (Lipinski definition) is 4. The fraction of sp³-hybridized carbons (Fsp3) is 0.611. The number of amides is 1. The third-order valence-electron chi connectivity index (χ3n) is 5.16. The van der Waals surface area contributed by atoms with Crippen molar-refractivity contribution in [1.29, 1.82) is 0 Å². The predicted molar refractivity (Wildman–Crippen MR) is 97.5 cm³/mol. The Morgan fingerprint density at radius 2 is 2.20 bits per heavy atom. The minimum absolute atomic E-state index is 0.0331. The van der Waals surface area contributed by atoms with Crippen LogP contribution < -0.4 is 10.6 Å². The molecule has 2 aromatic heterocycles. The van der Waals surface area contributed by atoms with E-state index in [0.717, 1.165) is 42.9 Å². The van der Waals surface area contributed by atoms with Gasteiger partial charge in [-0.05, 0) is 47.0 Å². The van der Waals surface area contributed by atoms with Gasteiger partial charge in [-0.25, -0.2) is 0 Å². The molecule has 7 heteroatoms. The SMILES string of the molecule is CCn1ncc2c1CCC[C@@H]2N[C@@H](C)C(=O)Nc1c(C)nn(C)c1C. The van der Waals surface area contributed by atoms with Gasteiger partial charge in [0, 0.05) is 30.9 Å². The second kappa shape index (κ2) is 7.00. The Morgan fingerprint density at radius 3 is 2.84 bits per heavy atom. The van der Waals surface area contributed by atoms with E-state index in [0.29, 0.717) is 0 Å². The van der Waals surface area contributed by atoms with E-state index in [1.165, 1.54) is 11.3 Å². The summed E-state index contributed by atoms with van der Waals surface area (Å²) in [6, 6.07) is -0.110. The van der Waals surface area contributed by atoms with Gasteiger partial charge in [-0.3, -0.25) is 19.5 Å². The van der Waals surface area contributed by atoms with Gasteiger partial charge in [0.15, 0.2) is 0 Å². The Labute approximate surface area is 148 Å². The van der Waals surface area contributed by atoms with Crippen LogP contribution in [-0.2, 0) is 24.8 Å². The lowest BCUT2D eigenvalue weighted by atomic mass is 9.92. The summed E-state index contributed by atoms with van der Waals surface area (Å²) in [5, 5.41) is 15.3. The Bertz CT molecular complexity index is 775. The smallest absolute Gasteiger partial charge is 0.241 e. The van der Waals surface area contributed by atoms with Crippen molar-refractivity contribution < 1.29 is 4.79 Å². The maximum Gasteiger partial charge on any atom is 0.241 e. The molecule has 0 aliphatic heterocycles. The van der Waals surface area contributed by atoms with E-state index in [1.54, 1.807) is 4.68 Å². The molecule has 2 aromatic rings. The Balaban J connectivity index is 1.69. The number of nitrogens with one attached hydrogen (secondary N) is 2. The molecule has 25 heavy (non-hydrogen) atoms. The molecule has 1 aliphatic rings. The van der Waals surface area contributed by atoms with E-state index < -0.39 is 0 Å². The first kappa shape index (κ1) is 17.7. The van der Waals surface area contributed by atoms with Crippen LogP contribution in [0, 0.1) is 13.8 Å². The van der Waals surface area contributed by atoms with Crippen LogP contribution in [0.1, 0.15) is 55.4 Å². The number of anilines is 1. The van der Waals surface area contributed by atoms with Gasteiger partial charge in [0.2, 0.25) is 5.91 Å². The first-order valence-corrected chi connectivity index (χ1v) is 9.04. The summed E-state index contributed by atoms with van der Waals surface area (Å²) in [5.74, 6) is -0.0331. The molecule has 136 valence electrons. The number of rotatable bonds is 5. The van der Waals surface area contributed by atoms with Crippen molar-refractivity contribution in [2.45, 2.75) is 65.6 Å². The van der Waals surface area contributed by atoms with E-state index in [-0.39, 0.29) is 18.0 Å². The van der Waals surface area contributed by atoms with Gasteiger partial charge in [-0.1, -0.05) is 0 Å². The molecular formula is C18H28N6O. The third-order valence-corrected chi connectivity index (χ3v) is 5.16. The first-order chi connectivity index (χ1) is 11.9. The highest BCUT2D eigenvalue weighted by atomic mass is 16.2. The number of carbonyl (C=O) groups excluding carboxylic acids is 1. The Hall–Kier alpha value is -2.15. The second-order valence-electron chi connectivity index (χ2n) is 6.85. The van der Waals surface area contributed by atoms with Gasteiger partial charge < -0.3 is 5.32 Å². The molecule has 0 saturated carbocycles. The fourth-order valence-corrected chi connectivity index (χ4v) is 3.63. The summed E-state index contributed by atoms with van der Waals surface area (Å²) >= 11 is 0. The lowest BCUT2D eigenvalue weighted by molar-refractivity contribution is -0.118. The molecule has 0 spiro atoms. The van der Waals surface area contributed by atoms with Crippen molar-refractivity contribution in [2.24, 2.45) is 7.05 Å². The van der Waals surface area contributed by atoms with Gasteiger partial charge >= 0.3 is 0 Å². The third kappa shape index (κ3) is 3.33. The zero-order valence-electron chi connectivity index (χ0n) is 15.8. The number of aryl methyl sites for hydroxylation is 3. The molecule has 0 saturated heterocycles. The summed E-state index contributed by atoms with van der Waals surface area (Å²) in [6.07, 6.45) is 5.17. The molecule has 7 nitrogen and oxygen atoms in total. The quantitative estimate of drug-likeness (QED) is 0.872. The number of carbonyl (C=O) groups is 1. The molecule has 2 heterocycles. The topological polar surface area (TPSA) is 76.8 Å². The molecule has 2 N–H and O–H groups in total. The largest absolute Gasteiger partial charge is 0.322 e. The maximum atomic E-state index is 12.6. The van der Waals surface area contributed by atoms with Crippen molar-refractivity contribution in [3.8, 4) is 0 Å². The fourth-order valence-electron chi connectivity index (χ4n) is 3.63. The maximum absolute atomic E-state index is 12.6. The summed E-state index contributed by atoms with van der Waals surface area (Å²) in [7, 11) is 1.88. The molecule has 1 aliphatic carbocycles. The number of nitrogens with zero attached hydrogens (tertiary/aromatic N) is 4. The van der Waals surface area contributed by atoms with Crippen LogP contribution in [0.5, 0.6) is 0 Å². The van der Waals surface area contributed by atoms with Crippen molar-refractivity contribution >= 4 is 11.6 Å². The molecule has 0 radical (unpaired) electrons. The van der Waals surface area contributed by atoms with Crippen LogP contribution in [0.4, 0.5) is 5.69 Å². The van der Waals surface area contributed by atoms with E-state index in [2.05, 4.69) is 32.4 Å². The van der Waals surface area contributed by atoms with Crippen molar-refractivity contribution in [3.05, 3.63) is 28.8 Å². The van der Waals surface area contributed by atoms with Crippen molar-refractivity contribution in [3.63, 3.8) is 0 Å². The minimum atomic E-state index is -0.292. The van der Waals surface area contributed by atoms with Crippen molar-refractivity contribution in [2.75, 3.05) is 5.32 Å². The van der Waals surface area contributed by atoms with E-state index in [4.69, 9.17) is 0 Å². The number of fused-ring (bicyclic) bond motifs is 1. The zero-order chi connectivity index (χ0) is 18.1. The van der Waals surface area contributed by atoms with Crippen molar-refractivity contribution in [1.82, 2.24) is 24.9 Å². The molecule has 1 amide bonds. The molecule has 0 bridgehead atoms. The molecule has 0 fully saturated rings. The average Bonchev–Trinajstić information content (AvgIpc) is 3.11. The zero-order valence-corrected chi connectivity index (χ0v) is 15.8. The first-order valence-electron chi connectivity index (χ1n) is 9.04.